The number of aromatic carboxylic acids is 1. The molecular weight excluding hydrogens is 322 g/mol. The Labute approximate surface area is 114 Å². The molecule has 0 spiro atoms. The van der Waals surface area contributed by atoms with Gasteiger partial charge in [-0.25, -0.2) is 13.2 Å². The van der Waals surface area contributed by atoms with Crippen molar-refractivity contribution in [3.05, 3.63) is 28.2 Å². The molecule has 1 aromatic carbocycles. The number of carbonyl (C=O) groups is 1. The zero-order chi connectivity index (χ0) is 13.9. The van der Waals surface area contributed by atoms with Crippen LogP contribution < -0.4 is 4.90 Å². The highest BCUT2D eigenvalue weighted by Crippen LogP contribution is 2.24. The van der Waals surface area contributed by atoms with Crippen LogP contribution in [-0.2, 0) is 9.84 Å². The topological polar surface area (TPSA) is 74.7 Å². The van der Waals surface area contributed by atoms with Gasteiger partial charge < -0.3 is 10.0 Å². The zero-order valence-corrected chi connectivity index (χ0v) is 12.5. The molecule has 7 heteroatoms. The van der Waals surface area contributed by atoms with E-state index in [1.807, 2.05) is 0 Å². The number of sulfone groups is 1. The summed E-state index contributed by atoms with van der Waals surface area (Å²) in [5.74, 6) is -1.06. The van der Waals surface area contributed by atoms with Gasteiger partial charge in [0.15, 0.2) is 0 Å². The van der Waals surface area contributed by atoms with Crippen molar-refractivity contribution in [1.82, 2.24) is 0 Å². The van der Waals surface area contributed by atoms with E-state index < -0.39 is 15.8 Å². The van der Waals surface area contributed by atoms with Crippen LogP contribution in [0.15, 0.2) is 22.7 Å². The molecule has 0 aliphatic rings. The van der Waals surface area contributed by atoms with Crippen LogP contribution in [0.3, 0.4) is 0 Å². The standard InChI is InChI=1S/C11H14BrNO4S/c1-13(5-6-18(2,16)17)10-7-8(12)3-4-9(10)11(14)15/h3-4,7H,5-6H2,1-2H3,(H,14,15). The highest BCUT2D eigenvalue weighted by Gasteiger charge is 2.15. The number of hydrogen-bond donors (Lipinski definition) is 1. The van der Waals surface area contributed by atoms with Crippen LogP contribution in [0, 0.1) is 0 Å². The molecular formula is C11H14BrNO4S. The molecule has 100 valence electrons. The molecule has 0 saturated heterocycles. The summed E-state index contributed by atoms with van der Waals surface area (Å²) in [6.07, 6.45) is 1.15. The van der Waals surface area contributed by atoms with Crippen molar-refractivity contribution in [2.45, 2.75) is 0 Å². The van der Waals surface area contributed by atoms with Gasteiger partial charge >= 0.3 is 5.97 Å². The highest BCUT2D eigenvalue weighted by atomic mass is 79.9. The van der Waals surface area contributed by atoms with Gasteiger partial charge in [0.25, 0.3) is 0 Å². The van der Waals surface area contributed by atoms with Gasteiger partial charge in [-0.2, -0.15) is 0 Å². The van der Waals surface area contributed by atoms with Gasteiger partial charge in [0, 0.05) is 24.3 Å². The fraction of sp³-hybridized carbons (Fsp3) is 0.364. The van der Waals surface area contributed by atoms with Crippen molar-refractivity contribution in [3.8, 4) is 0 Å². The predicted molar refractivity (Wildman–Crippen MR) is 74.1 cm³/mol. The number of rotatable bonds is 5. The van der Waals surface area contributed by atoms with Crippen molar-refractivity contribution in [2.75, 3.05) is 30.5 Å². The maximum atomic E-state index is 11.1. The number of carboxylic acids is 1. The van der Waals surface area contributed by atoms with E-state index in [4.69, 9.17) is 5.11 Å². The van der Waals surface area contributed by atoms with Crippen LogP contribution in [0.5, 0.6) is 0 Å². The number of carboxylic acid groups (broad SMARTS) is 1. The van der Waals surface area contributed by atoms with Crippen molar-refractivity contribution in [1.29, 1.82) is 0 Å². The van der Waals surface area contributed by atoms with Crippen LogP contribution in [0.4, 0.5) is 5.69 Å². The fourth-order valence-electron chi connectivity index (χ4n) is 1.42. The van der Waals surface area contributed by atoms with Crippen molar-refractivity contribution in [2.24, 2.45) is 0 Å². The third-order valence-corrected chi connectivity index (χ3v) is 3.82. The SMILES string of the molecule is CN(CCS(C)(=O)=O)c1cc(Br)ccc1C(=O)O. The van der Waals surface area contributed by atoms with Crippen LogP contribution in [0.1, 0.15) is 10.4 Å². The average Bonchev–Trinajstić information content (AvgIpc) is 2.24. The Morgan fingerprint density at radius 2 is 2.06 bits per heavy atom. The van der Waals surface area contributed by atoms with Gasteiger partial charge in [0.2, 0.25) is 0 Å². The lowest BCUT2D eigenvalue weighted by molar-refractivity contribution is 0.0697. The molecule has 0 radical (unpaired) electrons. The summed E-state index contributed by atoms with van der Waals surface area (Å²) in [6.45, 7) is 0.246. The van der Waals surface area contributed by atoms with Gasteiger partial charge in [-0.1, -0.05) is 15.9 Å². The molecule has 0 saturated carbocycles. The summed E-state index contributed by atoms with van der Waals surface area (Å²) >= 11 is 3.27. The van der Waals surface area contributed by atoms with Gasteiger partial charge in [0.05, 0.1) is 17.0 Å². The number of benzene rings is 1. The van der Waals surface area contributed by atoms with E-state index in [-0.39, 0.29) is 17.9 Å². The van der Waals surface area contributed by atoms with Gasteiger partial charge in [-0.3, -0.25) is 0 Å². The lowest BCUT2D eigenvalue weighted by Gasteiger charge is -2.21. The van der Waals surface area contributed by atoms with E-state index in [0.29, 0.717) is 5.69 Å². The number of nitrogens with zero attached hydrogens (tertiary/aromatic N) is 1. The highest BCUT2D eigenvalue weighted by molar-refractivity contribution is 9.10. The summed E-state index contributed by atoms with van der Waals surface area (Å²) in [5.41, 5.74) is 0.634. The molecule has 0 amide bonds. The maximum Gasteiger partial charge on any atom is 0.337 e. The monoisotopic (exact) mass is 335 g/mol. The lowest BCUT2D eigenvalue weighted by atomic mass is 10.1. The summed E-state index contributed by atoms with van der Waals surface area (Å²) in [6, 6.07) is 4.78. The molecule has 0 heterocycles. The minimum absolute atomic E-state index is 0.0188. The maximum absolute atomic E-state index is 11.1. The quantitative estimate of drug-likeness (QED) is 0.885. The molecule has 0 aromatic heterocycles. The second-order valence-corrected chi connectivity index (χ2v) is 7.19. The van der Waals surface area contributed by atoms with Crippen molar-refractivity contribution >= 4 is 37.4 Å². The summed E-state index contributed by atoms with van der Waals surface area (Å²) < 4.78 is 22.9. The van der Waals surface area contributed by atoms with Crippen LogP contribution in [-0.4, -0.2) is 45.1 Å². The molecule has 0 atom stereocenters. The van der Waals surface area contributed by atoms with Crippen LogP contribution >= 0.6 is 15.9 Å². The molecule has 0 aliphatic heterocycles. The molecule has 5 nitrogen and oxygen atoms in total. The van der Waals surface area contributed by atoms with E-state index in [0.717, 1.165) is 10.7 Å². The summed E-state index contributed by atoms with van der Waals surface area (Å²) in [5, 5.41) is 9.07. The third kappa shape index (κ3) is 4.30. The summed E-state index contributed by atoms with van der Waals surface area (Å²) in [4.78, 5) is 12.7. The largest absolute Gasteiger partial charge is 0.478 e. The Bertz CT molecular complexity index is 556. The van der Waals surface area contributed by atoms with Gasteiger partial charge in [-0.15, -0.1) is 0 Å². The summed E-state index contributed by atoms with van der Waals surface area (Å²) in [7, 11) is -1.41. The Balaban J connectivity index is 3.00. The minimum Gasteiger partial charge on any atom is -0.478 e. The van der Waals surface area contributed by atoms with Crippen LogP contribution in [0.2, 0.25) is 0 Å². The molecule has 1 rings (SSSR count). The van der Waals surface area contributed by atoms with E-state index in [1.54, 1.807) is 24.1 Å². The first-order chi connectivity index (χ1) is 8.20. The van der Waals surface area contributed by atoms with Crippen molar-refractivity contribution in [3.63, 3.8) is 0 Å². The number of halogens is 1. The fourth-order valence-corrected chi connectivity index (χ4v) is 2.38. The van der Waals surface area contributed by atoms with Crippen LogP contribution in [0.25, 0.3) is 0 Å². The second kappa shape index (κ2) is 5.71. The first-order valence-electron chi connectivity index (χ1n) is 5.12. The Kier molecular flexibility index (Phi) is 4.75. The molecule has 1 aromatic rings. The molecule has 18 heavy (non-hydrogen) atoms. The molecule has 0 bridgehead atoms. The molecule has 1 N–H and O–H groups in total. The molecule has 0 unspecified atom stereocenters. The smallest absolute Gasteiger partial charge is 0.337 e. The van der Waals surface area contributed by atoms with Gasteiger partial charge in [0.1, 0.15) is 9.84 Å². The van der Waals surface area contributed by atoms with E-state index in [1.165, 1.54) is 6.07 Å². The van der Waals surface area contributed by atoms with Crippen molar-refractivity contribution < 1.29 is 18.3 Å². The van der Waals surface area contributed by atoms with E-state index in [2.05, 4.69) is 15.9 Å². The second-order valence-electron chi connectivity index (χ2n) is 4.02. The third-order valence-electron chi connectivity index (χ3n) is 2.40. The zero-order valence-electron chi connectivity index (χ0n) is 10.1. The Morgan fingerprint density at radius 1 is 1.44 bits per heavy atom. The first-order valence-corrected chi connectivity index (χ1v) is 7.98. The lowest BCUT2D eigenvalue weighted by Crippen LogP contribution is -2.26. The minimum atomic E-state index is -3.07. The average molecular weight is 336 g/mol. The normalized spacial score (nSPS) is 11.3. The first kappa shape index (κ1) is 15.0. The molecule has 0 aliphatic carbocycles. The molecule has 0 fully saturated rings. The Hall–Kier alpha value is -1.08. The Morgan fingerprint density at radius 3 is 2.56 bits per heavy atom. The predicted octanol–water partition coefficient (Wildman–Crippen LogP) is 1.63. The number of hydrogen-bond acceptors (Lipinski definition) is 4. The number of anilines is 1. The van der Waals surface area contributed by atoms with E-state index >= 15 is 0 Å². The van der Waals surface area contributed by atoms with E-state index in [9.17, 15) is 13.2 Å². The van der Waals surface area contributed by atoms with Gasteiger partial charge in [-0.05, 0) is 18.2 Å².